The summed E-state index contributed by atoms with van der Waals surface area (Å²) in [6, 6.07) is 28.8. The van der Waals surface area contributed by atoms with Crippen molar-refractivity contribution in [3.8, 4) is 0 Å². The van der Waals surface area contributed by atoms with Crippen molar-refractivity contribution >= 4 is 55.1 Å². The molecular formula is C33H33BrClN3O4S. The molecule has 43 heavy (non-hydrogen) atoms. The maximum atomic E-state index is 14.4. The first kappa shape index (κ1) is 32.3. The highest BCUT2D eigenvalue weighted by Gasteiger charge is 2.35. The summed E-state index contributed by atoms with van der Waals surface area (Å²) in [6.45, 7) is 3.50. The van der Waals surface area contributed by atoms with Crippen molar-refractivity contribution in [2.24, 2.45) is 0 Å². The molecule has 0 saturated carbocycles. The van der Waals surface area contributed by atoms with Gasteiger partial charge in [0.2, 0.25) is 11.8 Å². The fraction of sp³-hybridized carbons (Fsp3) is 0.212. The molecule has 10 heteroatoms. The standard InChI is InChI=1S/C33H33BrClN3O4S/c1-3-36-33(40)31(20-25-10-6-4-7-11-25)37(22-26-15-17-27(34)18-16-26)32(39)23-38(30-21-28(35)19-14-24(30)2)43(41,42)29-12-8-5-9-13-29/h4-19,21,31H,3,20,22-23H2,1-2H3,(H,36,40)/t31-/m0/s1. The molecule has 0 spiro atoms. The summed E-state index contributed by atoms with van der Waals surface area (Å²) in [4.78, 5) is 29.5. The van der Waals surface area contributed by atoms with Crippen LogP contribution < -0.4 is 9.62 Å². The molecule has 0 aliphatic rings. The summed E-state index contributed by atoms with van der Waals surface area (Å²) >= 11 is 9.76. The Kier molecular flexibility index (Phi) is 11.0. The lowest BCUT2D eigenvalue weighted by atomic mass is 10.0. The normalized spacial score (nSPS) is 11.9. The zero-order valence-corrected chi connectivity index (χ0v) is 27.1. The van der Waals surface area contributed by atoms with Crippen LogP contribution in [0.3, 0.4) is 0 Å². The van der Waals surface area contributed by atoms with Gasteiger partial charge in [-0.1, -0.05) is 94.3 Å². The van der Waals surface area contributed by atoms with E-state index in [9.17, 15) is 18.0 Å². The predicted molar refractivity (Wildman–Crippen MR) is 174 cm³/mol. The number of benzene rings is 4. The van der Waals surface area contributed by atoms with E-state index in [2.05, 4.69) is 21.2 Å². The lowest BCUT2D eigenvalue weighted by Gasteiger charge is -2.34. The third-order valence-electron chi connectivity index (χ3n) is 6.94. The van der Waals surface area contributed by atoms with E-state index in [-0.39, 0.29) is 29.5 Å². The van der Waals surface area contributed by atoms with Gasteiger partial charge in [0.05, 0.1) is 10.6 Å². The molecule has 2 amide bonds. The van der Waals surface area contributed by atoms with Crippen LogP contribution in [-0.4, -0.2) is 44.3 Å². The lowest BCUT2D eigenvalue weighted by Crippen LogP contribution is -2.53. The number of anilines is 1. The second kappa shape index (κ2) is 14.7. The fourth-order valence-corrected chi connectivity index (χ4v) is 6.64. The van der Waals surface area contributed by atoms with Crippen molar-refractivity contribution in [1.82, 2.24) is 10.2 Å². The van der Waals surface area contributed by atoms with Crippen LogP contribution in [0.4, 0.5) is 5.69 Å². The summed E-state index contributed by atoms with van der Waals surface area (Å²) in [5, 5.41) is 3.20. The van der Waals surface area contributed by atoms with Crippen molar-refractivity contribution < 1.29 is 18.0 Å². The fourth-order valence-electron chi connectivity index (χ4n) is 4.72. The Balaban J connectivity index is 1.81. The average molecular weight is 683 g/mol. The third-order valence-corrected chi connectivity index (χ3v) is 9.48. The van der Waals surface area contributed by atoms with Crippen LogP contribution in [0.5, 0.6) is 0 Å². The maximum Gasteiger partial charge on any atom is 0.264 e. The first-order valence-electron chi connectivity index (χ1n) is 13.8. The predicted octanol–water partition coefficient (Wildman–Crippen LogP) is 6.38. The first-order chi connectivity index (χ1) is 20.6. The molecule has 1 atom stereocenters. The molecule has 0 unspecified atom stereocenters. The van der Waals surface area contributed by atoms with Crippen LogP contribution in [-0.2, 0) is 32.6 Å². The smallest absolute Gasteiger partial charge is 0.264 e. The SMILES string of the molecule is CCNC(=O)[C@H](Cc1ccccc1)N(Cc1ccc(Br)cc1)C(=O)CN(c1cc(Cl)ccc1C)S(=O)(=O)c1ccccc1. The van der Waals surface area contributed by atoms with Crippen LogP contribution in [0.25, 0.3) is 0 Å². The highest BCUT2D eigenvalue weighted by molar-refractivity contribution is 9.10. The number of hydrogen-bond donors (Lipinski definition) is 1. The van der Waals surface area contributed by atoms with Gasteiger partial charge in [0.15, 0.2) is 0 Å². The minimum Gasteiger partial charge on any atom is -0.355 e. The molecule has 1 N–H and O–H groups in total. The van der Waals surface area contributed by atoms with Gasteiger partial charge in [-0.15, -0.1) is 0 Å². The highest BCUT2D eigenvalue weighted by Crippen LogP contribution is 2.30. The Hall–Kier alpha value is -3.66. The van der Waals surface area contributed by atoms with Gasteiger partial charge >= 0.3 is 0 Å². The largest absolute Gasteiger partial charge is 0.355 e. The number of nitrogens with one attached hydrogen (secondary N) is 1. The van der Waals surface area contributed by atoms with E-state index in [0.29, 0.717) is 17.1 Å². The molecule has 4 rings (SSSR count). The first-order valence-corrected chi connectivity index (χ1v) is 16.4. The molecule has 0 aliphatic heterocycles. The number of hydrogen-bond acceptors (Lipinski definition) is 4. The Morgan fingerprint density at radius 3 is 2.14 bits per heavy atom. The molecule has 4 aromatic rings. The number of amides is 2. The molecule has 0 fully saturated rings. The molecule has 0 heterocycles. The van der Waals surface area contributed by atoms with Crippen molar-refractivity contribution in [3.63, 3.8) is 0 Å². The second-order valence-electron chi connectivity index (χ2n) is 10.0. The number of aryl methyl sites for hydroxylation is 1. The van der Waals surface area contributed by atoms with E-state index in [0.717, 1.165) is 19.9 Å². The summed E-state index contributed by atoms with van der Waals surface area (Å²) in [5.74, 6) is -0.859. The van der Waals surface area contributed by atoms with Crippen LogP contribution >= 0.6 is 27.5 Å². The molecule has 7 nitrogen and oxygen atoms in total. The van der Waals surface area contributed by atoms with Gasteiger partial charge in [0, 0.05) is 29.0 Å². The number of nitrogens with zero attached hydrogens (tertiary/aromatic N) is 2. The Labute approximate surface area is 266 Å². The van der Waals surface area contributed by atoms with Gasteiger partial charge in [-0.05, 0) is 66.9 Å². The van der Waals surface area contributed by atoms with E-state index in [1.54, 1.807) is 37.3 Å². The Morgan fingerprint density at radius 2 is 1.51 bits per heavy atom. The Morgan fingerprint density at radius 1 is 0.884 bits per heavy atom. The Bertz CT molecular complexity index is 1650. The summed E-state index contributed by atoms with van der Waals surface area (Å²) in [5.41, 5.74) is 2.56. The van der Waals surface area contributed by atoms with E-state index < -0.39 is 28.5 Å². The number of sulfonamides is 1. The molecule has 224 valence electrons. The van der Waals surface area contributed by atoms with E-state index in [1.807, 2.05) is 61.5 Å². The molecule has 0 radical (unpaired) electrons. The van der Waals surface area contributed by atoms with Crippen LogP contribution in [0, 0.1) is 6.92 Å². The van der Waals surface area contributed by atoms with Crippen molar-refractivity contribution in [2.45, 2.75) is 37.8 Å². The highest BCUT2D eigenvalue weighted by atomic mass is 79.9. The average Bonchev–Trinajstić information content (AvgIpc) is 3.01. The zero-order valence-electron chi connectivity index (χ0n) is 23.9. The van der Waals surface area contributed by atoms with Gasteiger partial charge in [-0.3, -0.25) is 13.9 Å². The molecule has 4 aromatic carbocycles. The summed E-state index contributed by atoms with van der Waals surface area (Å²) in [6.07, 6.45) is 0.247. The topological polar surface area (TPSA) is 86.8 Å². The van der Waals surface area contributed by atoms with Gasteiger partial charge in [0.25, 0.3) is 10.0 Å². The summed E-state index contributed by atoms with van der Waals surface area (Å²) in [7, 11) is -4.20. The molecule has 0 aliphatic carbocycles. The van der Waals surface area contributed by atoms with E-state index >= 15 is 0 Å². The number of carbonyl (C=O) groups is 2. The van der Waals surface area contributed by atoms with Gasteiger partial charge in [0.1, 0.15) is 12.6 Å². The zero-order chi connectivity index (χ0) is 31.0. The van der Waals surface area contributed by atoms with Crippen molar-refractivity contribution in [1.29, 1.82) is 0 Å². The lowest BCUT2D eigenvalue weighted by molar-refractivity contribution is -0.140. The number of carbonyl (C=O) groups excluding carboxylic acids is 2. The molecular weight excluding hydrogens is 650 g/mol. The number of rotatable bonds is 12. The van der Waals surface area contributed by atoms with Gasteiger partial charge in [-0.25, -0.2) is 8.42 Å². The monoisotopic (exact) mass is 681 g/mol. The maximum absolute atomic E-state index is 14.4. The van der Waals surface area contributed by atoms with Crippen LogP contribution in [0.1, 0.15) is 23.6 Å². The summed E-state index contributed by atoms with van der Waals surface area (Å²) < 4.78 is 30.1. The van der Waals surface area contributed by atoms with Crippen LogP contribution in [0.15, 0.2) is 112 Å². The van der Waals surface area contributed by atoms with Crippen molar-refractivity contribution in [2.75, 3.05) is 17.4 Å². The quantitative estimate of drug-likeness (QED) is 0.188. The molecule has 0 saturated heterocycles. The van der Waals surface area contributed by atoms with E-state index in [4.69, 9.17) is 11.6 Å². The van der Waals surface area contributed by atoms with Crippen LogP contribution in [0.2, 0.25) is 5.02 Å². The third kappa shape index (κ3) is 8.25. The number of halogens is 2. The van der Waals surface area contributed by atoms with E-state index in [1.165, 1.54) is 23.1 Å². The number of likely N-dealkylation sites (N-methyl/N-ethyl adjacent to an activating group) is 1. The minimum atomic E-state index is -4.20. The minimum absolute atomic E-state index is 0.0335. The van der Waals surface area contributed by atoms with Gasteiger partial charge in [-0.2, -0.15) is 0 Å². The van der Waals surface area contributed by atoms with Crippen molar-refractivity contribution in [3.05, 3.63) is 129 Å². The van der Waals surface area contributed by atoms with Gasteiger partial charge < -0.3 is 10.2 Å². The molecule has 0 aromatic heterocycles. The molecule has 0 bridgehead atoms. The second-order valence-corrected chi connectivity index (χ2v) is 13.2.